The standard InChI is InChI=1S/C21H30F2N6O2/c1-3-24-20(26-14-16-13-15(2)8-9-17(16)31-19(22)23)25-10-6-12-29-21(30)28-11-5-4-7-18(28)27-29/h8-9,13,19H,3-7,10-12,14H2,1-2H3,(H2,24,25,26). The minimum Gasteiger partial charge on any atom is -0.434 e. The molecule has 0 unspecified atom stereocenters. The smallest absolute Gasteiger partial charge is 0.387 e. The second kappa shape index (κ2) is 10.9. The summed E-state index contributed by atoms with van der Waals surface area (Å²) in [7, 11) is 0. The number of halogens is 2. The average Bonchev–Trinajstić information content (AvgIpc) is 3.06. The van der Waals surface area contributed by atoms with Crippen molar-refractivity contribution in [2.75, 3.05) is 13.1 Å². The number of hydrogen-bond donors (Lipinski definition) is 2. The van der Waals surface area contributed by atoms with Crippen LogP contribution in [0.3, 0.4) is 0 Å². The molecule has 170 valence electrons. The predicted octanol–water partition coefficient (Wildman–Crippen LogP) is 2.44. The first-order valence-corrected chi connectivity index (χ1v) is 10.7. The molecule has 1 aliphatic rings. The fourth-order valence-corrected chi connectivity index (χ4v) is 3.58. The zero-order chi connectivity index (χ0) is 22.2. The van der Waals surface area contributed by atoms with Crippen LogP contribution in [0.1, 0.15) is 43.1 Å². The molecule has 8 nitrogen and oxygen atoms in total. The zero-order valence-corrected chi connectivity index (χ0v) is 18.0. The summed E-state index contributed by atoms with van der Waals surface area (Å²) in [6, 6.07) is 5.05. The van der Waals surface area contributed by atoms with E-state index in [1.165, 1.54) is 10.7 Å². The lowest BCUT2D eigenvalue weighted by Crippen LogP contribution is -2.38. The van der Waals surface area contributed by atoms with Crippen molar-refractivity contribution in [3.8, 4) is 5.75 Å². The third-order valence-corrected chi connectivity index (χ3v) is 5.05. The lowest BCUT2D eigenvalue weighted by molar-refractivity contribution is -0.0504. The van der Waals surface area contributed by atoms with Crippen molar-refractivity contribution in [1.29, 1.82) is 0 Å². The molecule has 0 atom stereocenters. The van der Waals surface area contributed by atoms with E-state index in [2.05, 4.69) is 25.5 Å². The molecule has 1 aromatic carbocycles. The van der Waals surface area contributed by atoms with Crippen molar-refractivity contribution in [2.24, 2.45) is 4.99 Å². The number of aliphatic imine (C=N–C) groups is 1. The number of nitrogens with one attached hydrogen (secondary N) is 2. The van der Waals surface area contributed by atoms with Gasteiger partial charge in [0.1, 0.15) is 11.6 Å². The topological polar surface area (TPSA) is 85.5 Å². The first-order chi connectivity index (χ1) is 15.0. The molecule has 3 rings (SSSR count). The molecule has 0 aliphatic carbocycles. The van der Waals surface area contributed by atoms with Crippen molar-refractivity contribution in [3.05, 3.63) is 45.6 Å². The first kappa shape index (κ1) is 22.8. The fraction of sp³-hybridized carbons (Fsp3) is 0.571. The number of guanidine groups is 1. The molecule has 0 saturated heterocycles. The molecule has 0 amide bonds. The third-order valence-electron chi connectivity index (χ3n) is 5.05. The Morgan fingerprint density at radius 3 is 2.90 bits per heavy atom. The summed E-state index contributed by atoms with van der Waals surface area (Å²) in [5, 5.41) is 10.8. The number of fused-ring (bicyclic) bond motifs is 1. The van der Waals surface area contributed by atoms with E-state index >= 15 is 0 Å². The van der Waals surface area contributed by atoms with Crippen molar-refractivity contribution in [1.82, 2.24) is 25.0 Å². The number of hydrogen-bond acceptors (Lipinski definition) is 4. The molecule has 10 heteroatoms. The minimum atomic E-state index is -2.88. The number of alkyl halides is 2. The molecule has 2 aromatic rings. The molecule has 0 saturated carbocycles. The van der Waals surface area contributed by atoms with Gasteiger partial charge in [0, 0.05) is 38.2 Å². The zero-order valence-electron chi connectivity index (χ0n) is 18.0. The quantitative estimate of drug-likeness (QED) is 0.358. The Morgan fingerprint density at radius 2 is 2.16 bits per heavy atom. The summed E-state index contributed by atoms with van der Waals surface area (Å²) in [5.41, 5.74) is 1.49. The first-order valence-electron chi connectivity index (χ1n) is 10.7. The van der Waals surface area contributed by atoms with Crippen LogP contribution in [0, 0.1) is 6.92 Å². The summed E-state index contributed by atoms with van der Waals surface area (Å²) in [5.74, 6) is 1.57. The van der Waals surface area contributed by atoms with Crippen LogP contribution < -0.4 is 21.1 Å². The van der Waals surface area contributed by atoms with Gasteiger partial charge in [-0.15, -0.1) is 0 Å². The van der Waals surface area contributed by atoms with Crippen LogP contribution in [-0.2, 0) is 26.1 Å². The Bertz CT molecular complexity index is 954. The Kier molecular flexibility index (Phi) is 8.02. The maximum Gasteiger partial charge on any atom is 0.387 e. The van der Waals surface area contributed by atoms with E-state index in [9.17, 15) is 13.6 Å². The summed E-state index contributed by atoms with van der Waals surface area (Å²) in [6.45, 7) is 3.68. The van der Waals surface area contributed by atoms with Gasteiger partial charge in [-0.2, -0.15) is 13.9 Å². The van der Waals surface area contributed by atoms with Gasteiger partial charge in [0.25, 0.3) is 0 Å². The van der Waals surface area contributed by atoms with Gasteiger partial charge in [0.05, 0.1) is 6.54 Å². The highest BCUT2D eigenvalue weighted by atomic mass is 19.3. The van der Waals surface area contributed by atoms with E-state index in [-0.39, 0.29) is 18.0 Å². The van der Waals surface area contributed by atoms with E-state index in [1.54, 1.807) is 16.7 Å². The molecule has 0 fully saturated rings. The van der Waals surface area contributed by atoms with Crippen LogP contribution in [0.25, 0.3) is 0 Å². The maximum absolute atomic E-state index is 12.7. The van der Waals surface area contributed by atoms with Gasteiger partial charge in [0.2, 0.25) is 0 Å². The number of rotatable bonds is 9. The summed E-state index contributed by atoms with van der Waals surface area (Å²) in [4.78, 5) is 16.9. The highest BCUT2D eigenvalue weighted by Crippen LogP contribution is 2.22. The number of ether oxygens (including phenoxy) is 1. The van der Waals surface area contributed by atoms with Crippen molar-refractivity contribution >= 4 is 5.96 Å². The predicted molar refractivity (Wildman–Crippen MR) is 115 cm³/mol. The Hall–Kier alpha value is -2.91. The van der Waals surface area contributed by atoms with Gasteiger partial charge in [0.15, 0.2) is 5.96 Å². The van der Waals surface area contributed by atoms with Crippen LogP contribution in [-0.4, -0.2) is 40.0 Å². The second-order valence-corrected chi connectivity index (χ2v) is 7.50. The molecule has 31 heavy (non-hydrogen) atoms. The third kappa shape index (κ3) is 6.28. The molecule has 2 heterocycles. The Balaban J connectivity index is 1.57. The average molecular weight is 437 g/mol. The van der Waals surface area contributed by atoms with Crippen molar-refractivity contribution in [2.45, 2.75) is 65.8 Å². The SMILES string of the molecule is CCNC(=NCc1cc(C)ccc1OC(F)F)NCCCn1nc2n(c1=O)CCCC2. The molecular formula is C21H30F2N6O2. The molecule has 1 aliphatic heterocycles. The number of benzene rings is 1. The fourth-order valence-electron chi connectivity index (χ4n) is 3.58. The second-order valence-electron chi connectivity index (χ2n) is 7.50. The van der Waals surface area contributed by atoms with E-state index < -0.39 is 6.61 Å². The molecule has 2 N–H and O–H groups in total. The summed E-state index contributed by atoms with van der Waals surface area (Å²) < 4.78 is 33.2. The van der Waals surface area contributed by atoms with E-state index in [0.29, 0.717) is 37.6 Å². The lowest BCUT2D eigenvalue weighted by Gasteiger charge is -2.13. The van der Waals surface area contributed by atoms with Crippen molar-refractivity contribution in [3.63, 3.8) is 0 Å². The molecule has 0 radical (unpaired) electrons. The number of aryl methyl sites for hydroxylation is 3. The van der Waals surface area contributed by atoms with Crippen LogP contribution in [0.2, 0.25) is 0 Å². The lowest BCUT2D eigenvalue weighted by atomic mass is 10.1. The van der Waals surface area contributed by atoms with E-state index in [1.807, 2.05) is 13.8 Å². The summed E-state index contributed by atoms with van der Waals surface area (Å²) >= 11 is 0. The number of nitrogens with zero attached hydrogens (tertiary/aromatic N) is 4. The van der Waals surface area contributed by atoms with Gasteiger partial charge in [-0.3, -0.25) is 4.57 Å². The van der Waals surface area contributed by atoms with Gasteiger partial charge in [-0.25, -0.2) is 14.5 Å². The number of aromatic nitrogens is 3. The molecular weight excluding hydrogens is 406 g/mol. The summed E-state index contributed by atoms with van der Waals surface area (Å²) in [6.07, 6.45) is 3.65. The molecule has 0 spiro atoms. The van der Waals surface area contributed by atoms with Crippen LogP contribution in [0.4, 0.5) is 8.78 Å². The van der Waals surface area contributed by atoms with Crippen LogP contribution in [0.15, 0.2) is 28.0 Å². The van der Waals surface area contributed by atoms with Gasteiger partial charge in [-0.1, -0.05) is 17.7 Å². The maximum atomic E-state index is 12.7. The molecule has 0 bridgehead atoms. The van der Waals surface area contributed by atoms with Crippen LogP contribution >= 0.6 is 0 Å². The van der Waals surface area contributed by atoms with Crippen LogP contribution in [0.5, 0.6) is 5.75 Å². The Labute approximate surface area is 180 Å². The largest absolute Gasteiger partial charge is 0.434 e. The highest BCUT2D eigenvalue weighted by molar-refractivity contribution is 5.79. The molecule has 1 aromatic heterocycles. The normalized spacial score (nSPS) is 13.9. The van der Waals surface area contributed by atoms with Gasteiger partial charge in [-0.05, 0) is 39.2 Å². The Morgan fingerprint density at radius 1 is 1.32 bits per heavy atom. The van der Waals surface area contributed by atoms with E-state index in [4.69, 9.17) is 0 Å². The monoisotopic (exact) mass is 436 g/mol. The van der Waals surface area contributed by atoms with Gasteiger partial charge < -0.3 is 15.4 Å². The highest BCUT2D eigenvalue weighted by Gasteiger charge is 2.16. The van der Waals surface area contributed by atoms with E-state index in [0.717, 1.165) is 37.2 Å². The van der Waals surface area contributed by atoms with Gasteiger partial charge >= 0.3 is 12.3 Å². The minimum absolute atomic E-state index is 0.0405. The van der Waals surface area contributed by atoms with Crippen molar-refractivity contribution < 1.29 is 13.5 Å².